The minimum atomic E-state index is -0.0937. The summed E-state index contributed by atoms with van der Waals surface area (Å²) in [6, 6.07) is 0. The van der Waals surface area contributed by atoms with Crippen LogP contribution in [0.5, 0.6) is 0 Å². The third kappa shape index (κ3) is 4.48. The molecule has 0 unspecified atom stereocenters. The Morgan fingerprint density at radius 2 is 2.24 bits per heavy atom. The summed E-state index contributed by atoms with van der Waals surface area (Å²) in [6.07, 6.45) is 4.57. The van der Waals surface area contributed by atoms with E-state index >= 15 is 0 Å². The van der Waals surface area contributed by atoms with E-state index in [1.165, 1.54) is 12.4 Å². The zero-order valence-electron chi connectivity index (χ0n) is 10.6. The lowest BCUT2D eigenvalue weighted by Crippen LogP contribution is -2.37. The van der Waals surface area contributed by atoms with Crippen molar-refractivity contribution in [3.63, 3.8) is 0 Å². The second-order valence-corrected chi connectivity index (χ2v) is 4.23. The van der Waals surface area contributed by atoms with E-state index in [4.69, 9.17) is 4.74 Å². The molecule has 5 heteroatoms. The first-order valence-electron chi connectivity index (χ1n) is 5.69. The molecule has 1 aromatic heterocycles. The number of amides is 1. The average Bonchev–Trinajstić information content (AvgIpc) is 2.34. The standard InChI is InChI=1S/C12H19N3O2/c1-10(2)9-15(6-7-17-3)12(16)11-8-13-4-5-14-11/h4-5,8,10H,6-7,9H2,1-3H3. The van der Waals surface area contributed by atoms with Crippen molar-refractivity contribution in [2.24, 2.45) is 5.92 Å². The molecule has 0 aliphatic carbocycles. The molecular weight excluding hydrogens is 218 g/mol. The lowest BCUT2D eigenvalue weighted by Gasteiger charge is -2.23. The fraction of sp³-hybridized carbons (Fsp3) is 0.583. The first kappa shape index (κ1) is 13.6. The Bertz CT molecular complexity index is 341. The van der Waals surface area contributed by atoms with E-state index in [0.29, 0.717) is 31.3 Å². The van der Waals surface area contributed by atoms with Crippen molar-refractivity contribution in [1.82, 2.24) is 14.9 Å². The normalized spacial score (nSPS) is 10.6. The van der Waals surface area contributed by atoms with Gasteiger partial charge in [-0.1, -0.05) is 13.8 Å². The zero-order valence-corrected chi connectivity index (χ0v) is 10.6. The largest absolute Gasteiger partial charge is 0.383 e. The number of carbonyl (C=O) groups excluding carboxylic acids is 1. The predicted octanol–water partition coefficient (Wildman–Crippen LogP) is 1.22. The van der Waals surface area contributed by atoms with Gasteiger partial charge in [-0.15, -0.1) is 0 Å². The van der Waals surface area contributed by atoms with Crippen LogP contribution in [0.25, 0.3) is 0 Å². The van der Waals surface area contributed by atoms with Gasteiger partial charge in [0.1, 0.15) is 5.69 Å². The molecule has 94 valence electrons. The maximum absolute atomic E-state index is 12.2. The minimum absolute atomic E-state index is 0.0937. The Hall–Kier alpha value is -1.49. The molecule has 0 N–H and O–H groups in total. The molecule has 0 aromatic carbocycles. The van der Waals surface area contributed by atoms with Gasteiger partial charge in [0.05, 0.1) is 12.8 Å². The highest BCUT2D eigenvalue weighted by molar-refractivity contribution is 5.91. The van der Waals surface area contributed by atoms with Gasteiger partial charge in [-0.3, -0.25) is 9.78 Å². The van der Waals surface area contributed by atoms with Gasteiger partial charge < -0.3 is 9.64 Å². The van der Waals surface area contributed by atoms with Crippen LogP contribution in [0.3, 0.4) is 0 Å². The number of aromatic nitrogens is 2. The highest BCUT2D eigenvalue weighted by Crippen LogP contribution is 2.04. The van der Waals surface area contributed by atoms with Crippen molar-refractivity contribution in [3.05, 3.63) is 24.3 Å². The van der Waals surface area contributed by atoms with Gasteiger partial charge in [-0.2, -0.15) is 0 Å². The summed E-state index contributed by atoms with van der Waals surface area (Å²) in [5, 5.41) is 0. The fourth-order valence-electron chi connectivity index (χ4n) is 1.49. The number of methoxy groups -OCH3 is 1. The monoisotopic (exact) mass is 237 g/mol. The van der Waals surface area contributed by atoms with Crippen LogP contribution in [0.15, 0.2) is 18.6 Å². The van der Waals surface area contributed by atoms with Crippen LogP contribution in [-0.2, 0) is 4.74 Å². The summed E-state index contributed by atoms with van der Waals surface area (Å²) in [4.78, 5) is 21.8. The Morgan fingerprint density at radius 3 is 2.76 bits per heavy atom. The van der Waals surface area contributed by atoms with Crippen molar-refractivity contribution >= 4 is 5.91 Å². The van der Waals surface area contributed by atoms with Crippen molar-refractivity contribution in [3.8, 4) is 0 Å². The molecule has 0 radical (unpaired) electrons. The molecule has 0 saturated heterocycles. The molecule has 0 aliphatic heterocycles. The number of rotatable bonds is 6. The Kier molecular flexibility index (Phi) is 5.56. The molecule has 0 atom stereocenters. The predicted molar refractivity (Wildman–Crippen MR) is 64.6 cm³/mol. The zero-order chi connectivity index (χ0) is 12.7. The van der Waals surface area contributed by atoms with Gasteiger partial charge in [0.2, 0.25) is 0 Å². The summed E-state index contributed by atoms with van der Waals surface area (Å²) in [7, 11) is 1.63. The molecule has 17 heavy (non-hydrogen) atoms. The molecule has 0 fully saturated rings. The van der Waals surface area contributed by atoms with E-state index in [1.807, 2.05) is 0 Å². The molecule has 0 spiro atoms. The SMILES string of the molecule is COCCN(CC(C)C)C(=O)c1cnccn1. The van der Waals surface area contributed by atoms with Crippen LogP contribution < -0.4 is 0 Å². The summed E-state index contributed by atoms with van der Waals surface area (Å²) >= 11 is 0. The van der Waals surface area contributed by atoms with Crippen molar-refractivity contribution in [2.45, 2.75) is 13.8 Å². The van der Waals surface area contributed by atoms with Gasteiger partial charge in [0, 0.05) is 32.6 Å². The van der Waals surface area contributed by atoms with E-state index in [0.717, 1.165) is 0 Å². The number of hydrogen-bond acceptors (Lipinski definition) is 4. The average molecular weight is 237 g/mol. The molecular formula is C12H19N3O2. The lowest BCUT2D eigenvalue weighted by molar-refractivity contribution is 0.0666. The van der Waals surface area contributed by atoms with Crippen LogP contribution in [-0.4, -0.2) is 47.6 Å². The first-order valence-corrected chi connectivity index (χ1v) is 5.69. The van der Waals surface area contributed by atoms with Crippen molar-refractivity contribution in [2.75, 3.05) is 26.8 Å². The molecule has 0 saturated carbocycles. The second-order valence-electron chi connectivity index (χ2n) is 4.23. The summed E-state index contributed by atoms with van der Waals surface area (Å²) in [5.74, 6) is 0.316. The Balaban J connectivity index is 2.71. The van der Waals surface area contributed by atoms with Crippen LogP contribution >= 0.6 is 0 Å². The maximum atomic E-state index is 12.2. The quantitative estimate of drug-likeness (QED) is 0.746. The molecule has 1 amide bonds. The van der Waals surface area contributed by atoms with Crippen LogP contribution in [0.4, 0.5) is 0 Å². The van der Waals surface area contributed by atoms with E-state index in [2.05, 4.69) is 23.8 Å². The number of ether oxygens (including phenoxy) is 1. The van der Waals surface area contributed by atoms with Crippen molar-refractivity contribution in [1.29, 1.82) is 0 Å². The molecule has 0 bridgehead atoms. The van der Waals surface area contributed by atoms with Gasteiger partial charge in [0.25, 0.3) is 5.91 Å². The van der Waals surface area contributed by atoms with Crippen LogP contribution in [0.1, 0.15) is 24.3 Å². The number of carbonyl (C=O) groups is 1. The van der Waals surface area contributed by atoms with Gasteiger partial charge in [-0.25, -0.2) is 4.98 Å². The Labute approximate surface area is 102 Å². The summed E-state index contributed by atoms with van der Waals surface area (Å²) in [5.41, 5.74) is 0.379. The topological polar surface area (TPSA) is 55.3 Å². The van der Waals surface area contributed by atoms with Crippen LogP contribution in [0, 0.1) is 5.92 Å². The molecule has 1 heterocycles. The van der Waals surface area contributed by atoms with Gasteiger partial charge >= 0.3 is 0 Å². The molecule has 0 aliphatic rings. The third-order valence-electron chi connectivity index (χ3n) is 2.22. The second kappa shape index (κ2) is 6.96. The molecule has 1 rings (SSSR count). The van der Waals surface area contributed by atoms with Crippen molar-refractivity contribution < 1.29 is 9.53 Å². The van der Waals surface area contributed by atoms with Crippen LogP contribution in [0.2, 0.25) is 0 Å². The summed E-state index contributed by atoms with van der Waals surface area (Å²) in [6.45, 7) is 5.94. The molecule has 1 aromatic rings. The van der Waals surface area contributed by atoms with Gasteiger partial charge in [-0.05, 0) is 5.92 Å². The smallest absolute Gasteiger partial charge is 0.274 e. The van der Waals surface area contributed by atoms with E-state index in [9.17, 15) is 4.79 Å². The first-order chi connectivity index (χ1) is 8.15. The lowest BCUT2D eigenvalue weighted by atomic mass is 10.2. The minimum Gasteiger partial charge on any atom is -0.383 e. The fourth-order valence-corrected chi connectivity index (χ4v) is 1.49. The Morgan fingerprint density at radius 1 is 1.47 bits per heavy atom. The highest BCUT2D eigenvalue weighted by Gasteiger charge is 2.17. The summed E-state index contributed by atoms with van der Waals surface area (Å²) < 4.78 is 5.01. The number of nitrogens with zero attached hydrogens (tertiary/aromatic N) is 3. The third-order valence-corrected chi connectivity index (χ3v) is 2.22. The number of hydrogen-bond donors (Lipinski definition) is 0. The van der Waals surface area contributed by atoms with E-state index in [1.54, 1.807) is 18.2 Å². The van der Waals surface area contributed by atoms with E-state index < -0.39 is 0 Å². The molecule has 5 nitrogen and oxygen atoms in total. The van der Waals surface area contributed by atoms with E-state index in [-0.39, 0.29) is 5.91 Å². The highest BCUT2D eigenvalue weighted by atomic mass is 16.5. The van der Waals surface area contributed by atoms with Gasteiger partial charge in [0.15, 0.2) is 0 Å². The maximum Gasteiger partial charge on any atom is 0.274 e.